The molecule has 3 aromatic carbocycles. The maximum atomic E-state index is 6.64. The van der Waals surface area contributed by atoms with Gasteiger partial charge in [-0.15, -0.1) is 0 Å². The minimum Gasteiger partial charge on any atom is -0.370 e. The third kappa shape index (κ3) is 4.26. The van der Waals surface area contributed by atoms with Gasteiger partial charge < -0.3 is 4.74 Å². The fraction of sp³-hybridized carbons (Fsp3) is 0.280. The Balaban J connectivity index is 1.63. The monoisotopic (exact) mass is 376 g/mol. The standard InChI is InChI=1S/C25H25ClO/c1-18(19-8-4-2-5-9-19)24-16-22(20-10-6-3-7-11-20)17-25(27-24)21-12-14-23(26)15-13-21/h2-15,18,22,24-25H,16-17H2,1H3/t18?,22-,24-,25+/m1/s1. The van der Waals surface area contributed by atoms with Crippen LogP contribution in [0.4, 0.5) is 0 Å². The molecule has 0 N–H and O–H groups in total. The lowest BCUT2D eigenvalue weighted by atomic mass is 9.79. The minimum atomic E-state index is 0.0948. The van der Waals surface area contributed by atoms with E-state index in [1.165, 1.54) is 16.7 Å². The van der Waals surface area contributed by atoms with E-state index in [0.29, 0.717) is 11.8 Å². The van der Waals surface area contributed by atoms with E-state index in [0.717, 1.165) is 17.9 Å². The first-order chi connectivity index (χ1) is 13.2. The fourth-order valence-corrected chi connectivity index (χ4v) is 4.27. The summed E-state index contributed by atoms with van der Waals surface area (Å²) in [5, 5.41) is 0.767. The number of hydrogen-bond acceptors (Lipinski definition) is 1. The summed E-state index contributed by atoms with van der Waals surface area (Å²) in [7, 11) is 0. The molecule has 1 unspecified atom stereocenters. The highest BCUT2D eigenvalue weighted by atomic mass is 35.5. The Morgan fingerprint density at radius 3 is 2.07 bits per heavy atom. The Kier molecular flexibility index (Phi) is 5.61. The molecule has 1 nitrogen and oxygen atoms in total. The summed E-state index contributed by atoms with van der Waals surface area (Å²) in [4.78, 5) is 0. The van der Waals surface area contributed by atoms with E-state index >= 15 is 0 Å². The average Bonchev–Trinajstić information content (AvgIpc) is 2.74. The second kappa shape index (κ2) is 8.29. The summed E-state index contributed by atoms with van der Waals surface area (Å²) in [6, 6.07) is 29.7. The number of hydrogen-bond donors (Lipinski definition) is 0. The van der Waals surface area contributed by atoms with Gasteiger partial charge in [0.2, 0.25) is 0 Å². The molecule has 1 aliphatic heterocycles. The lowest BCUT2D eigenvalue weighted by Gasteiger charge is -2.39. The van der Waals surface area contributed by atoms with Crippen molar-refractivity contribution in [1.82, 2.24) is 0 Å². The van der Waals surface area contributed by atoms with Gasteiger partial charge in [-0.25, -0.2) is 0 Å². The predicted octanol–water partition coefficient (Wildman–Crippen LogP) is 7.15. The topological polar surface area (TPSA) is 9.23 Å². The number of ether oxygens (including phenoxy) is 1. The van der Waals surface area contributed by atoms with Crippen molar-refractivity contribution in [3.8, 4) is 0 Å². The highest BCUT2D eigenvalue weighted by Gasteiger charge is 2.34. The zero-order chi connectivity index (χ0) is 18.6. The molecule has 1 aliphatic rings. The summed E-state index contributed by atoms with van der Waals surface area (Å²) in [6.45, 7) is 2.28. The smallest absolute Gasteiger partial charge is 0.0834 e. The van der Waals surface area contributed by atoms with Crippen LogP contribution in [-0.4, -0.2) is 6.10 Å². The van der Waals surface area contributed by atoms with Gasteiger partial charge >= 0.3 is 0 Å². The van der Waals surface area contributed by atoms with Crippen LogP contribution < -0.4 is 0 Å². The van der Waals surface area contributed by atoms with Crippen LogP contribution in [0, 0.1) is 0 Å². The second-order valence-corrected chi connectivity index (χ2v) is 7.93. The van der Waals surface area contributed by atoms with Crippen molar-refractivity contribution in [3.63, 3.8) is 0 Å². The summed E-state index contributed by atoms with van der Waals surface area (Å²) in [5.41, 5.74) is 3.96. The maximum absolute atomic E-state index is 6.64. The van der Waals surface area contributed by atoms with Gasteiger partial charge in [0.15, 0.2) is 0 Å². The Morgan fingerprint density at radius 2 is 1.41 bits per heavy atom. The predicted molar refractivity (Wildman–Crippen MR) is 112 cm³/mol. The molecule has 0 spiro atoms. The van der Waals surface area contributed by atoms with Crippen molar-refractivity contribution in [2.24, 2.45) is 0 Å². The Morgan fingerprint density at radius 1 is 0.778 bits per heavy atom. The summed E-state index contributed by atoms with van der Waals surface area (Å²) >= 11 is 6.09. The molecule has 0 aromatic heterocycles. The highest BCUT2D eigenvalue weighted by molar-refractivity contribution is 6.30. The average molecular weight is 377 g/mol. The summed E-state index contributed by atoms with van der Waals surface area (Å²) < 4.78 is 6.64. The van der Waals surface area contributed by atoms with Crippen molar-refractivity contribution >= 4 is 11.6 Å². The summed E-state index contributed by atoms with van der Waals surface area (Å²) in [6.07, 6.45) is 2.33. The van der Waals surface area contributed by atoms with Gasteiger partial charge in [0.25, 0.3) is 0 Å². The van der Waals surface area contributed by atoms with Gasteiger partial charge in [-0.1, -0.05) is 91.3 Å². The van der Waals surface area contributed by atoms with Crippen LogP contribution in [0.5, 0.6) is 0 Å². The largest absolute Gasteiger partial charge is 0.370 e. The first kappa shape index (κ1) is 18.3. The number of rotatable bonds is 4. The Hall–Kier alpha value is -2.09. The molecule has 4 rings (SSSR count). The van der Waals surface area contributed by atoms with Gasteiger partial charge in [-0.05, 0) is 47.6 Å². The molecule has 1 heterocycles. The van der Waals surface area contributed by atoms with E-state index < -0.39 is 0 Å². The van der Waals surface area contributed by atoms with E-state index in [9.17, 15) is 0 Å². The first-order valence-corrected chi connectivity index (χ1v) is 10.1. The molecule has 3 aromatic rings. The zero-order valence-electron chi connectivity index (χ0n) is 15.6. The Labute approximate surface area is 167 Å². The van der Waals surface area contributed by atoms with Crippen LogP contribution in [-0.2, 0) is 4.74 Å². The number of halogens is 1. The van der Waals surface area contributed by atoms with E-state index in [2.05, 4.69) is 79.7 Å². The fourth-order valence-electron chi connectivity index (χ4n) is 4.14. The molecule has 1 fully saturated rings. The van der Waals surface area contributed by atoms with Gasteiger partial charge in [0.1, 0.15) is 0 Å². The van der Waals surface area contributed by atoms with Gasteiger partial charge in [-0.3, -0.25) is 0 Å². The molecule has 0 radical (unpaired) electrons. The third-order valence-electron chi connectivity index (χ3n) is 5.75. The quantitative estimate of drug-likeness (QED) is 0.469. The van der Waals surface area contributed by atoms with Crippen LogP contribution in [0.25, 0.3) is 0 Å². The van der Waals surface area contributed by atoms with E-state index in [-0.39, 0.29) is 12.2 Å². The van der Waals surface area contributed by atoms with Gasteiger partial charge in [0.05, 0.1) is 12.2 Å². The van der Waals surface area contributed by atoms with E-state index in [1.807, 2.05) is 12.1 Å². The molecule has 138 valence electrons. The van der Waals surface area contributed by atoms with E-state index in [1.54, 1.807) is 0 Å². The molecular weight excluding hydrogens is 352 g/mol. The third-order valence-corrected chi connectivity index (χ3v) is 6.00. The van der Waals surface area contributed by atoms with Crippen LogP contribution in [0.3, 0.4) is 0 Å². The molecule has 0 saturated carbocycles. The molecule has 2 heteroatoms. The van der Waals surface area contributed by atoms with Crippen LogP contribution in [0.15, 0.2) is 84.9 Å². The molecule has 0 aliphatic carbocycles. The van der Waals surface area contributed by atoms with Crippen molar-refractivity contribution in [2.45, 2.75) is 43.8 Å². The maximum Gasteiger partial charge on any atom is 0.0834 e. The Bertz CT molecular complexity index is 845. The molecule has 0 bridgehead atoms. The lowest BCUT2D eigenvalue weighted by molar-refractivity contribution is -0.0698. The molecular formula is C25H25ClO. The van der Waals surface area contributed by atoms with Crippen molar-refractivity contribution in [2.75, 3.05) is 0 Å². The van der Waals surface area contributed by atoms with Gasteiger partial charge in [0, 0.05) is 10.9 Å². The normalized spacial score (nSPS) is 23.7. The first-order valence-electron chi connectivity index (χ1n) is 9.71. The summed E-state index contributed by atoms with van der Waals surface area (Å²) in [5.74, 6) is 0.851. The molecule has 4 atom stereocenters. The molecule has 27 heavy (non-hydrogen) atoms. The van der Waals surface area contributed by atoms with Crippen molar-refractivity contribution in [1.29, 1.82) is 0 Å². The van der Waals surface area contributed by atoms with Crippen LogP contribution in [0.2, 0.25) is 5.02 Å². The minimum absolute atomic E-state index is 0.0948. The van der Waals surface area contributed by atoms with Gasteiger partial charge in [-0.2, -0.15) is 0 Å². The second-order valence-electron chi connectivity index (χ2n) is 7.49. The number of benzene rings is 3. The van der Waals surface area contributed by atoms with E-state index in [4.69, 9.17) is 16.3 Å². The SMILES string of the molecule is CC(c1ccccc1)[C@H]1C[C@@H](c2ccccc2)C[C@@H](c2ccc(Cl)cc2)O1. The van der Waals surface area contributed by atoms with Crippen LogP contribution in [0.1, 0.15) is 54.4 Å². The van der Waals surface area contributed by atoms with Crippen LogP contribution >= 0.6 is 11.6 Å². The zero-order valence-corrected chi connectivity index (χ0v) is 16.3. The van der Waals surface area contributed by atoms with Crippen molar-refractivity contribution in [3.05, 3.63) is 107 Å². The lowest BCUT2D eigenvalue weighted by Crippen LogP contribution is -2.31. The molecule has 1 saturated heterocycles. The molecule has 0 amide bonds. The highest BCUT2D eigenvalue weighted by Crippen LogP contribution is 2.44. The van der Waals surface area contributed by atoms with Crippen molar-refractivity contribution < 1.29 is 4.74 Å².